The number of carbonyl (C=O) groups is 1. The molecule has 1 fully saturated rings. The van der Waals surface area contributed by atoms with Gasteiger partial charge in [-0.15, -0.1) is 0 Å². The lowest BCUT2D eigenvalue weighted by Gasteiger charge is -2.15. The minimum absolute atomic E-state index is 0.0146. The summed E-state index contributed by atoms with van der Waals surface area (Å²) in [4.78, 5) is 11.8. The molecule has 0 aliphatic carbocycles. The maximum atomic E-state index is 11.8. The zero-order valence-corrected chi connectivity index (χ0v) is 9.43. The molecule has 2 atom stereocenters. The first-order chi connectivity index (χ1) is 7.77. The van der Waals surface area contributed by atoms with Gasteiger partial charge in [-0.2, -0.15) is 5.10 Å². The topological polar surface area (TPSA) is 56.1 Å². The maximum Gasteiger partial charge on any atom is 0.244 e. The Labute approximate surface area is 94.8 Å². The standard InChI is InChI=1S/C11H17N3O2/c1-9(14-6-3-5-13-14)11(15)12-8-10-4-2-7-16-10/h3,5-6,9-10H,2,4,7-8H2,1H3,(H,12,15)/t9-,10-/m1/s1. The minimum atomic E-state index is -0.267. The van der Waals surface area contributed by atoms with Gasteiger partial charge in [0.25, 0.3) is 0 Å². The molecule has 0 bridgehead atoms. The molecule has 5 heteroatoms. The van der Waals surface area contributed by atoms with Gasteiger partial charge < -0.3 is 10.1 Å². The van der Waals surface area contributed by atoms with E-state index in [1.807, 2.05) is 13.0 Å². The van der Waals surface area contributed by atoms with Crippen molar-refractivity contribution in [1.82, 2.24) is 15.1 Å². The van der Waals surface area contributed by atoms with Gasteiger partial charge in [-0.3, -0.25) is 9.48 Å². The molecule has 5 nitrogen and oxygen atoms in total. The number of rotatable bonds is 4. The number of ether oxygens (including phenoxy) is 1. The molecule has 1 aliphatic heterocycles. The van der Waals surface area contributed by atoms with Gasteiger partial charge in [0.05, 0.1) is 6.10 Å². The fourth-order valence-electron chi connectivity index (χ4n) is 1.80. The highest BCUT2D eigenvalue weighted by Crippen LogP contribution is 2.11. The summed E-state index contributed by atoms with van der Waals surface area (Å²) in [7, 11) is 0. The second-order valence-corrected chi connectivity index (χ2v) is 4.04. The van der Waals surface area contributed by atoms with Crippen LogP contribution in [0.2, 0.25) is 0 Å². The fraction of sp³-hybridized carbons (Fsp3) is 0.636. The Morgan fingerprint density at radius 3 is 3.25 bits per heavy atom. The first-order valence-corrected chi connectivity index (χ1v) is 5.66. The van der Waals surface area contributed by atoms with Gasteiger partial charge in [0.2, 0.25) is 5.91 Å². The van der Waals surface area contributed by atoms with Crippen molar-refractivity contribution in [2.45, 2.75) is 31.9 Å². The molecule has 1 amide bonds. The third-order valence-corrected chi connectivity index (χ3v) is 2.83. The SMILES string of the molecule is C[C@H](C(=O)NC[C@H]1CCCO1)n1cccn1. The number of aromatic nitrogens is 2. The van der Waals surface area contributed by atoms with Crippen molar-refractivity contribution in [3.05, 3.63) is 18.5 Å². The summed E-state index contributed by atoms with van der Waals surface area (Å²) < 4.78 is 7.08. The predicted molar refractivity (Wildman–Crippen MR) is 58.9 cm³/mol. The largest absolute Gasteiger partial charge is 0.376 e. The average molecular weight is 223 g/mol. The molecule has 1 N–H and O–H groups in total. The molecule has 88 valence electrons. The highest BCUT2D eigenvalue weighted by atomic mass is 16.5. The predicted octanol–water partition coefficient (Wildman–Crippen LogP) is 0.739. The second kappa shape index (κ2) is 5.12. The number of nitrogens with zero attached hydrogens (tertiary/aromatic N) is 2. The molecule has 0 radical (unpaired) electrons. The lowest BCUT2D eigenvalue weighted by atomic mass is 10.2. The van der Waals surface area contributed by atoms with E-state index in [2.05, 4.69) is 10.4 Å². The average Bonchev–Trinajstić information content (AvgIpc) is 2.96. The normalized spacial score (nSPS) is 21.9. The molecule has 1 aromatic heterocycles. The monoisotopic (exact) mass is 223 g/mol. The van der Waals surface area contributed by atoms with Crippen LogP contribution in [0.25, 0.3) is 0 Å². The van der Waals surface area contributed by atoms with E-state index in [1.165, 1.54) is 0 Å². The van der Waals surface area contributed by atoms with Crippen molar-refractivity contribution < 1.29 is 9.53 Å². The van der Waals surface area contributed by atoms with Crippen LogP contribution in [0.15, 0.2) is 18.5 Å². The van der Waals surface area contributed by atoms with E-state index < -0.39 is 0 Å². The Hall–Kier alpha value is -1.36. The molecule has 0 aromatic carbocycles. The van der Waals surface area contributed by atoms with Crippen LogP contribution in [0.4, 0.5) is 0 Å². The van der Waals surface area contributed by atoms with Crippen molar-refractivity contribution >= 4 is 5.91 Å². The van der Waals surface area contributed by atoms with Crippen LogP contribution in [0.3, 0.4) is 0 Å². The third-order valence-electron chi connectivity index (χ3n) is 2.83. The quantitative estimate of drug-likeness (QED) is 0.819. The summed E-state index contributed by atoms with van der Waals surface area (Å²) in [5.41, 5.74) is 0. The highest BCUT2D eigenvalue weighted by Gasteiger charge is 2.19. The van der Waals surface area contributed by atoms with Crippen molar-refractivity contribution in [3.8, 4) is 0 Å². The number of hydrogen-bond acceptors (Lipinski definition) is 3. The third kappa shape index (κ3) is 2.61. The van der Waals surface area contributed by atoms with Crippen LogP contribution < -0.4 is 5.32 Å². The Morgan fingerprint density at radius 2 is 2.62 bits per heavy atom. The summed E-state index contributed by atoms with van der Waals surface area (Å²) >= 11 is 0. The first kappa shape index (κ1) is 11.1. The van der Waals surface area contributed by atoms with Crippen LogP contribution in [0.5, 0.6) is 0 Å². The first-order valence-electron chi connectivity index (χ1n) is 5.66. The molecular weight excluding hydrogens is 206 g/mol. The molecule has 16 heavy (non-hydrogen) atoms. The van der Waals surface area contributed by atoms with Crippen LogP contribution >= 0.6 is 0 Å². The lowest BCUT2D eigenvalue weighted by molar-refractivity contribution is -0.124. The number of carbonyl (C=O) groups excluding carboxylic acids is 1. The van der Waals surface area contributed by atoms with Crippen molar-refractivity contribution in [2.75, 3.05) is 13.2 Å². The van der Waals surface area contributed by atoms with Gasteiger partial charge in [0, 0.05) is 25.5 Å². The van der Waals surface area contributed by atoms with E-state index in [1.54, 1.807) is 17.1 Å². The molecule has 1 saturated heterocycles. The molecule has 1 aliphatic rings. The number of amides is 1. The summed E-state index contributed by atoms with van der Waals surface area (Å²) in [5.74, 6) is -0.0146. The molecule has 0 saturated carbocycles. The Balaban J connectivity index is 1.79. The van der Waals surface area contributed by atoms with Crippen LogP contribution in [-0.2, 0) is 9.53 Å². The molecule has 0 spiro atoms. The second-order valence-electron chi connectivity index (χ2n) is 4.04. The summed E-state index contributed by atoms with van der Waals surface area (Å²) in [6, 6.07) is 1.54. The van der Waals surface area contributed by atoms with Gasteiger partial charge in [-0.25, -0.2) is 0 Å². The van der Waals surface area contributed by atoms with E-state index in [-0.39, 0.29) is 18.1 Å². The van der Waals surface area contributed by atoms with Crippen LogP contribution in [-0.4, -0.2) is 34.9 Å². The van der Waals surface area contributed by atoms with E-state index in [0.29, 0.717) is 6.54 Å². The van der Waals surface area contributed by atoms with Gasteiger partial charge in [0.1, 0.15) is 6.04 Å². The molecule has 2 rings (SSSR count). The molecule has 1 aromatic rings. The van der Waals surface area contributed by atoms with E-state index >= 15 is 0 Å². The Morgan fingerprint density at radius 1 is 1.75 bits per heavy atom. The summed E-state index contributed by atoms with van der Waals surface area (Å²) in [5, 5.41) is 6.93. The number of nitrogens with one attached hydrogen (secondary N) is 1. The highest BCUT2D eigenvalue weighted by molar-refractivity contribution is 5.79. The van der Waals surface area contributed by atoms with Gasteiger partial charge in [0.15, 0.2) is 0 Å². The van der Waals surface area contributed by atoms with E-state index in [9.17, 15) is 4.79 Å². The Bertz CT molecular complexity index is 331. The zero-order valence-electron chi connectivity index (χ0n) is 9.43. The molecule has 0 unspecified atom stereocenters. The van der Waals surface area contributed by atoms with Crippen LogP contribution in [0, 0.1) is 0 Å². The van der Waals surface area contributed by atoms with E-state index in [4.69, 9.17) is 4.74 Å². The summed E-state index contributed by atoms with van der Waals surface area (Å²) in [6.45, 7) is 3.25. The van der Waals surface area contributed by atoms with E-state index in [0.717, 1.165) is 19.4 Å². The molecular formula is C11H17N3O2. The fourth-order valence-corrected chi connectivity index (χ4v) is 1.80. The minimum Gasteiger partial charge on any atom is -0.376 e. The number of hydrogen-bond donors (Lipinski definition) is 1. The van der Waals surface area contributed by atoms with Gasteiger partial charge in [-0.1, -0.05) is 0 Å². The van der Waals surface area contributed by atoms with Gasteiger partial charge >= 0.3 is 0 Å². The maximum absolute atomic E-state index is 11.8. The van der Waals surface area contributed by atoms with Crippen molar-refractivity contribution in [2.24, 2.45) is 0 Å². The Kier molecular flexibility index (Phi) is 3.56. The lowest BCUT2D eigenvalue weighted by Crippen LogP contribution is -2.36. The molecule has 2 heterocycles. The van der Waals surface area contributed by atoms with Crippen molar-refractivity contribution in [1.29, 1.82) is 0 Å². The van der Waals surface area contributed by atoms with Crippen molar-refractivity contribution in [3.63, 3.8) is 0 Å². The van der Waals surface area contributed by atoms with Crippen LogP contribution in [0.1, 0.15) is 25.8 Å². The smallest absolute Gasteiger partial charge is 0.244 e. The summed E-state index contributed by atoms with van der Waals surface area (Å²) in [6.07, 6.45) is 5.78. The van der Waals surface area contributed by atoms with Gasteiger partial charge in [-0.05, 0) is 25.8 Å². The zero-order chi connectivity index (χ0) is 11.4.